The van der Waals surface area contributed by atoms with E-state index in [-0.39, 0.29) is 11.7 Å². The third kappa shape index (κ3) is 3.83. The van der Waals surface area contributed by atoms with Crippen LogP contribution in [0.2, 0.25) is 0 Å². The molecule has 0 atom stereocenters. The van der Waals surface area contributed by atoms with Gasteiger partial charge in [0, 0.05) is 21.1 Å². The maximum absolute atomic E-state index is 13.8. The van der Waals surface area contributed by atoms with E-state index in [0.717, 1.165) is 14.7 Å². The second-order valence-corrected chi connectivity index (χ2v) is 7.50. The van der Waals surface area contributed by atoms with Gasteiger partial charge in [0.2, 0.25) is 0 Å². The highest BCUT2D eigenvalue weighted by Crippen LogP contribution is 2.33. The molecule has 0 aliphatic rings. The SMILES string of the molecule is COc1cc(Br)c(CCNC(=O)c2cc3c(F)cccc3s2)cc1OC. The number of benzene rings is 2. The van der Waals surface area contributed by atoms with Gasteiger partial charge in [-0.15, -0.1) is 11.3 Å². The highest BCUT2D eigenvalue weighted by Gasteiger charge is 2.13. The van der Waals surface area contributed by atoms with E-state index in [1.165, 1.54) is 17.4 Å². The smallest absolute Gasteiger partial charge is 0.261 e. The number of methoxy groups -OCH3 is 2. The number of halogens is 2. The molecule has 0 bridgehead atoms. The molecule has 4 nitrogen and oxygen atoms in total. The first-order chi connectivity index (χ1) is 12.5. The van der Waals surface area contributed by atoms with E-state index in [1.54, 1.807) is 32.4 Å². The molecule has 0 unspecified atom stereocenters. The lowest BCUT2D eigenvalue weighted by molar-refractivity contribution is 0.0958. The Bertz CT molecular complexity index is 957. The zero-order valence-corrected chi connectivity index (χ0v) is 16.7. The van der Waals surface area contributed by atoms with E-state index in [1.807, 2.05) is 12.1 Å². The molecule has 0 spiro atoms. The molecule has 3 aromatic rings. The van der Waals surface area contributed by atoms with Crippen LogP contribution in [0.25, 0.3) is 10.1 Å². The summed E-state index contributed by atoms with van der Waals surface area (Å²) in [5.41, 5.74) is 0.991. The Balaban J connectivity index is 1.67. The van der Waals surface area contributed by atoms with Crippen LogP contribution in [-0.2, 0) is 6.42 Å². The summed E-state index contributed by atoms with van der Waals surface area (Å²) in [6.45, 7) is 0.448. The van der Waals surface area contributed by atoms with E-state index < -0.39 is 0 Å². The van der Waals surface area contributed by atoms with Gasteiger partial charge in [0.1, 0.15) is 5.82 Å². The molecule has 0 aliphatic heterocycles. The van der Waals surface area contributed by atoms with Crippen molar-refractivity contribution in [2.75, 3.05) is 20.8 Å². The number of thiophene rings is 1. The molecule has 2 aromatic carbocycles. The Morgan fingerprint density at radius 1 is 1.19 bits per heavy atom. The molecule has 1 N–H and O–H groups in total. The van der Waals surface area contributed by atoms with Crippen molar-refractivity contribution in [3.8, 4) is 11.5 Å². The summed E-state index contributed by atoms with van der Waals surface area (Å²) in [4.78, 5) is 12.8. The fraction of sp³-hybridized carbons (Fsp3) is 0.211. The summed E-state index contributed by atoms with van der Waals surface area (Å²) in [5, 5.41) is 3.35. The van der Waals surface area contributed by atoms with Crippen LogP contribution in [0.5, 0.6) is 11.5 Å². The molecular formula is C19H17BrFNO3S. The molecule has 26 heavy (non-hydrogen) atoms. The average molecular weight is 438 g/mol. The van der Waals surface area contributed by atoms with Gasteiger partial charge in [-0.3, -0.25) is 4.79 Å². The third-order valence-electron chi connectivity index (χ3n) is 3.96. The van der Waals surface area contributed by atoms with Crippen molar-refractivity contribution in [2.24, 2.45) is 0 Å². The van der Waals surface area contributed by atoms with Gasteiger partial charge in [-0.05, 0) is 42.3 Å². The molecule has 0 fully saturated rings. The van der Waals surface area contributed by atoms with Crippen molar-refractivity contribution in [2.45, 2.75) is 6.42 Å². The van der Waals surface area contributed by atoms with Gasteiger partial charge < -0.3 is 14.8 Å². The maximum Gasteiger partial charge on any atom is 0.261 e. The van der Waals surface area contributed by atoms with E-state index in [9.17, 15) is 9.18 Å². The number of carbonyl (C=O) groups excluding carboxylic acids is 1. The Hall–Kier alpha value is -2.12. The summed E-state index contributed by atoms with van der Waals surface area (Å²) in [5.74, 6) is 0.755. The van der Waals surface area contributed by atoms with Crippen LogP contribution < -0.4 is 14.8 Å². The molecule has 136 valence electrons. The minimum atomic E-state index is -0.313. The first kappa shape index (κ1) is 18.7. The minimum absolute atomic E-state index is 0.206. The molecule has 0 saturated heterocycles. The van der Waals surface area contributed by atoms with Crippen LogP contribution in [0.3, 0.4) is 0 Å². The molecular weight excluding hydrogens is 421 g/mol. The minimum Gasteiger partial charge on any atom is -0.493 e. The zero-order chi connectivity index (χ0) is 18.7. The molecule has 1 aromatic heterocycles. The molecule has 1 amide bonds. The summed E-state index contributed by atoms with van der Waals surface area (Å²) < 4.78 is 26.0. The Kier molecular flexibility index (Phi) is 5.78. The van der Waals surface area contributed by atoms with Crippen molar-refractivity contribution in [3.63, 3.8) is 0 Å². The summed E-state index contributed by atoms with van der Waals surface area (Å²) in [6, 6.07) is 10.2. The first-order valence-corrected chi connectivity index (χ1v) is 9.51. The van der Waals surface area contributed by atoms with Gasteiger partial charge >= 0.3 is 0 Å². The van der Waals surface area contributed by atoms with Crippen molar-refractivity contribution in [1.82, 2.24) is 5.32 Å². The lowest BCUT2D eigenvalue weighted by Crippen LogP contribution is -2.24. The topological polar surface area (TPSA) is 47.6 Å². The largest absolute Gasteiger partial charge is 0.493 e. The van der Waals surface area contributed by atoms with Crippen LogP contribution in [-0.4, -0.2) is 26.7 Å². The molecule has 0 aliphatic carbocycles. The van der Waals surface area contributed by atoms with Crippen LogP contribution in [0, 0.1) is 5.82 Å². The molecule has 7 heteroatoms. The van der Waals surface area contributed by atoms with E-state index in [2.05, 4.69) is 21.2 Å². The zero-order valence-electron chi connectivity index (χ0n) is 14.3. The predicted molar refractivity (Wildman–Crippen MR) is 105 cm³/mol. The lowest BCUT2D eigenvalue weighted by atomic mass is 10.1. The second-order valence-electron chi connectivity index (χ2n) is 5.57. The molecule has 0 saturated carbocycles. The Morgan fingerprint density at radius 3 is 2.62 bits per heavy atom. The summed E-state index contributed by atoms with van der Waals surface area (Å²) in [6.07, 6.45) is 0.617. The van der Waals surface area contributed by atoms with Gasteiger partial charge in [-0.2, -0.15) is 0 Å². The number of amides is 1. The highest BCUT2D eigenvalue weighted by atomic mass is 79.9. The van der Waals surface area contributed by atoms with Crippen LogP contribution in [0.4, 0.5) is 4.39 Å². The standard InChI is InChI=1S/C19H17BrFNO3S/c1-24-15-8-11(13(20)10-16(15)25-2)6-7-22-19(23)18-9-12-14(21)4-3-5-17(12)26-18/h3-5,8-10H,6-7H2,1-2H3,(H,22,23). The monoisotopic (exact) mass is 437 g/mol. The Labute approximate surface area is 163 Å². The average Bonchev–Trinajstić information content (AvgIpc) is 3.08. The van der Waals surface area contributed by atoms with Gasteiger partial charge in [0.05, 0.1) is 19.1 Å². The molecule has 0 radical (unpaired) electrons. The number of hydrogen-bond acceptors (Lipinski definition) is 4. The highest BCUT2D eigenvalue weighted by molar-refractivity contribution is 9.10. The van der Waals surface area contributed by atoms with Crippen LogP contribution in [0.1, 0.15) is 15.2 Å². The van der Waals surface area contributed by atoms with E-state index >= 15 is 0 Å². The number of rotatable bonds is 6. The Morgan fingerprint density at radius 2 is 1.92 bits per heavy atom. The predicted octanol–water partition coefficient (Wildman–Crippen LogP) is 4.79. The molecule has 1 heterocycles. The number of carbonyl (C=O) groups is 1. The fourth-order valence-electron chi connectivity index (χ4n) is 2.62. The summed E-state index contributed by atoms with van der Waals surface area (Å²) >= 11 is 4.79. The number of ether oxygens (including phenoxy) is 2. The quantitative estimate of drug-likeness (QED) is 0.602. The third-order valence-corrected chi connectivity index (χ3v) is 5.80. The number of hydrogen-bond donors (Lipinski definition) is 1. The van der Waals surface area contributed by atoms with E-state index in [0.29, 0.717) is 34.7 Å². The number of nitrogens with one attached hydrogen (secondary N) is 1. The van der Waals surface area contributed by atoms with Crippen molar-refractivity contribution in [1.29, 1.82) is 0 Å². The summed E-state index contributed by atoms with van der Waals surface area (Å²) in [7, 11) is 3.16. The van der Waals surface area contributed by atoms with Gasteiger partial charge in [0.15, 0.2) is 11.5 Å². The maximum atomic E-state index is 13.8. The molecule has 3 rings (SSSR count). The lowest BCUT2D eigenvalue weighted by Gasteiger charge is -2.12. The van der Waals surface area contributed by atoms with Crippen LogP contribution >= 0.6 is 27.3 Å². The normalized spacial score (nSPS) is 10.8. The number of fused-ring (bicyclic) bond motifs is 1. The van der Waals surface area contributed by atoms with Crippen molar-refractivity contribution in [3.05, 3.63) is 57.1 Å². The van der Waals surface area contributed by atoms with Crippen molar-refractivity contribution >= 4 is 43.3 Å². The van der Waals surface area contributed by atoms with Gasteiger partial charge in [-0.25, -0.2) is 4.39 Å². The van der Waals surface area contributed by atoms with Crippen LogP contribution in [0.15, 0.2) is 40.9 Å². The first-order valence-electron chi connectivity index (χ1n) is 7.90. The second kappa shape index (κ2) is 8.05. The van der Waals surface area contributed by atoms with Crippen molar-refractivity contribution < 1.29 is 18.7 Å². The fourth-order valence-corrected chi connectivity index (χ4v) is 4.14. The van der Waals surface area contributed by atoms with E-state index in [4.69, 9.17) is 9.47 Å². The van der Waals surface area contributed by atoms with Gasteiger partial charge in [0.25, 0.3) is 5.91 Å². The van der Waals surface area contributed by atoms with Gasteiger partial charge in [-0.1, -0.05) is 22.0 Å².